The lowest BCUT2D eigenvalue weighted by Crippen LogP contribution is -2.46. The molecule has 3 heteroatoms. The number of rotatable bonds is 1. The van der Waals surface area contributed by atoms with Crippen LogP contribution in [-0.4, -0.2) is 36.0 Å². The summed E-state index contributed by atoms with van der Waals surface area (Å²) < 4.78 is 0. The lowest BCUT2D eigenvalue weighted by molar-refractivity contribution is -0.134. The molecule has 1 amide bonds. The number of fused-ring (bicyclic) bond motifs is 2. The third-order valence-corrected chi connectivity index (χ3v) is 4.05. The Balaban J connectivity index is 1.67. The van der Waals surface area contributed by atoms with Crippen molar-refractivity contribution in [2.45, 2.75) is 44.2 Å². The summed E-state index contributed by atoms with van der Waals surface area (Å²) in [6.07, 6.45) is 6.10. The van der Waals surface area contributed by atoms with Crippen LogP contribution in [0.1, 0.15) is 32.1 Å². The summed E-state index contributed by atoms with van der Waals surface area (Å²) in [5.74, 6) is 1.21. The number of nitrogens with one attached hydrogen (secondary N) is 1. The number of likely N-dealkylation sites (tertiary alicyclic amines) is 1. The van der Waals surface area contributed by atoms with Gasteiger partial charge in [0.05, 0.1) is 6.04 Å². The van der Waals surface area contributed by atoms with Gasteiger partial charge in [-0.1, -0.05) is 0 Å². The molecule has 3 aliphatic rings. The third kappa shape index (κ3) is 1.26. The van der Waals surface area contributed by atoms with Crippen LogP contribution >= 0.6 is 0 Å². The van der Waals surface area contributed by atoms with Gasteiger partial charge in [-0.05, 0) is 44.6 Å². The third-order valence-electron chi connectivity index (χ3n) is 4.05. The van der Waals surface area contributed by atoms with Crippen molar-refractivity contribution in [1.82, 2.24) is 10.2 Å². The van der Waals surface area contributed by atoms with Gasteiger partial charge in [0.2, 0.25) is 5.91 Å². The van der Waals surface area contributed by atoms with Crippen LogP contribution in [0.15, 0.2) is 0 Å². The van der Waals surface area contributed by atoms with Crippen molar-refractivity contribution in [3.05, 3.63) is 0 Å². The Labute approximate surface area is 84.8 Å². The lowest BCUT2D eigenvalue weighted by Gasteiger charge is -2.29. The molecular formula is C11H18N2O. The quantitative estimate of drug-likeness (QED) is 0.668. The van der Waals surface area contributed by atoms with Crippen LogP contribution in [0.3, 0.4) is 0 Å². The number of carbonyl (C=O) groups excluding carboxylic acids is 1. The van der Waals surface area contributed by atoms with E-state index < -0.39 is 0 Å². The Bertz CT molecular complexity index is 248. The molecule has 2 heterocycles. The maximum Gasteiger partial charge on any atom is 0.239 e. The summed E-state index contributed by atoms with van der Waals surface area (Å²) in [5, 5.41) is 3.30. The van der Waals surface area contributed by atoms with Crippen LogP contribution in [-0.2, 0) is 4.79 Å². The van der Waals surface area contributed by atoms with Gasteiger partial charge in [-0.3, -0.25) is 4.79 Å². The van der Waals surface area contributed by atoms with Crippen molar-refractivity contribution < 1.29 is 4.79 Å². The number of hydrogen-bond donors (Lipinski definition) is 1. The molecule has 14 heavy (non-hydrogen) atoms. The standard InChI is InChI=1S/C11H18N2O/c14-11(10-2-1-5-12-10)13-7-8-3-4-9(13)6-8/h8-10,12H,1-7H2/t8?,9?,10-/m0/s1. The smallest absolute Gasteiger partial charge is 0.239 e. The first-order valence-electron chi connectivity index (χ1n) is 5.88. The number of hydrogen-bond acceptors (Lipinski definition) is 2. The molecule has 1 saturated carbocycles. The zero-order chi connectivity index (χ0) is 9.54. The average molecular weight is 194 g/mol. The van der Waals surface area contributed by atoms with Gasteiger partial charge in [0.25, 0.3) is 0 Å². The largest absolute Gasteiger partial charge is 0.338 e. The van der Waals surface area contributed by atoms with E-state index in [1.807, 2.05) is 0 Å². The molecule has 3 rings (SSSR count). The highest BCUT2D eigenvalue weighted by Gasteiger charge is 2.42. The van der Waals surface area contributed by atoms with Gasteiger partial charge >= 0.3 is 0 Å². The fourth-order valence-corrected chi connectivity index (χ4v) is 3.29. The molecule has 0 radical (unpaired) electrons. The van der Waals surface area contributed by atoms with Gasteiger partial charge < -0.3 is 10.2 Å². The second-order valence-electron chi connectivity index (χ2n) is 4.97. The van der Waals surface area contributed by atoms with E-state index >= 15 is 0 Å². The summed E-state index contributed by atoms with van der Waals surface area (Å²) in [7, 11) is 0. The summed E-state index contributed by atoms with van der Waals surface area (Å²) in [6, 6.07) is 0.740. The molecule has 0 aromatic rings. The zero-order valence-corrected chi connectivity index (χ0v) is 8.54. The van der Waals surface area contributed by atoms with Gasteiger partial charge in [-0.15, -0.1) is 0 Å². The van der Waals surface area contributed by atoms with E-state index in [2.05, 4.69) is 10.2 Å². The van der Waals surface area contributed by atoms with Gasteiger partial charge in [-0.25, -0.2) is 0 Å². The van der Waals surface area contributed by atoms with Crippen LogP contribution in [0.5, 0.6) is 0 Å². The maximum absolute atomic E-state index is 12.1. The predicted octanol–water partition coefficient (Wildman–Crippen LogP) is 0.749. The molecule has 1 aliphatic carbocycles. The first-order chi connectivity index (χ1) is 6.84. The number of piperidine rings is 1. The number of amides is 1. The van der Waals surface area contributed by atoms with Crippen molar-refractivity contribution in [2.24, 2.45) is 5.92 Å². The minimum absolute atomic E-state index is 0.148. The van der Waals surface area contributed by atoms with Crippen LogP contribution in [0.25, 0.3) is 0 Å². The second kappa shape index (κ2) is 3.23. The van der Waals surface area contributed by atoms with Gasteiger partial charge in [0, 0.05) is 12.6 Å². The van der Waals surface area contributed by atoms with E-state index in [9.17, 15) is 4.79 Å². The fourth-order valence-electron chi connectivity index (χ4n) is 3.29. The van der Waals surface area contributed by atoms with Crippen molar-refractivity contribution in [1.29, 1.82) is 0 Å². The average Bonchev–Trinajstić information content (AvgIpc) is 2.93. The normalized spacial score (nSPS) is 40.9. The highest BCUT2D eigenvalue weighted by molar-refractivity contribution is 5.82. The van der Waals surface area contributed by atoms with Crippen molar-refractivity contribution >= 4 is 5.91 Å². The minimum atomic E-state index is 0.148. The SMILES string of the molecule is O=C([C@@H]1CCCN1)N1CC2CCC1C2. The van der Waals surface area contributed by atoms with E-state index in [-0.39, 0.29) is 6.04 Å². The molecule has 0 aromatic heterocycles. The highest BCUT2D eigenvalue weighted by atomic mass is 16.2. The Kier molecular flexibility index (Phi) is 2.01. The maximum atomic E-state index is 12.1. The molecule has 2 bridgehead atoms. The summed E-state index contributed by atoms with van der Waals surface area (Å²) in [5.41, 5.74) is 0. The topological polar surface area (TPSA) is 32.3 Å². The zero-order valence-electron chi connectivity index (χ0n) is 8.54. The van der Waals surface area contributed by atoms with Gasteiger partial charge in [0.15, 0.2) is 0 Å². The molecular weight excluding hydrogens is 176 g/mol. The Morgan fingerprint density at radius 2 is 2.21 bits per heavy atom. The Hall–Kier alpha value is -0.570. The molecule has 2 unspecified atom stereocenters. The Morgan fingerprint density at radius 3 is 2.79 bits per heavy atom. The molecule has 3 atom stereocenters. The molecule has 0 spiro atoms. The molecule has 3 nitrogen and oxygen atoms in total. The lowest BCUT2D eigenvalue weighted by atomic mass is 10.1. The number of carbonyl (C=O) groups is 1. The van der Waals surface area contributed by atoms with Gasteiger partial charge in [0.1, 0.15) is 0 Å². The molecule has 3 fully saturated rings. The van der Waals surface area contributed by atoms with E-state index in [1.54, 1.807) is 0 Å². The van der Waals surface area contributed by atoms with E-state index in [0.717, 1.165) is 25.4 Å². The van der Waals surface area contributed by atoms with Gasteiger partial charge in [-0.2, -0.15) is 0 Å². The second-order valence-corrected chi connectivity index (χ2v) is 4.97. The van der Waals surface area contributed by atoms with Crippen LogP contribution in [0, 0.1) is 5.92 Å². The molecule has 0 aromatic carbocycles. The van der Waals surface area contributed by atoms with Crippen LogP contribution in [0.2, 0.25) is 0 Å². The van der Waals surface area contributed by atoms with Crippen molar-refractivity contribution in [3.8, 4) is 0 Å². The molecule has 78 valence electrons. The number of nitrogens with zero attached hydrogens (tertiary/aromatic N) is 1. The van der Waals surface area contributed by atoms with Crippen LogP contribution < -0.4 is 5.32 Å². The highest BCUT2D eigenvalue weighted by Crippen LogP contribution is 2.37. The summed E-state index contributed by atoms with van der Waals surface area (Å²) >= 11 is 0. The summed E-state index contributed by atoms with van der Waals surface area (Å²) in [6.45, 7) is 2.07. The molecule has 2 saturated heterocycles. The van der Waals surface area contributed by atoms with Crippen molar-refractivity contribution in [2.75, 3.05) is 13.1 Å². The molecule has 1 N–H and O–H groups in total. The van der Waals surface area contributed by atoms with E-state index in [0.29, 0.717) is 11.9 Å². The predicted molar refractivity (Wildman–Crippen MR) is 53.9 cm³/mol. The van der Waals surface area contributed by atoms with Crippen LogP contribution in [0.4, 0.5) is 0 Å². The summed E-state index contributed by atoms with van der Waals surface area (Å²) in [4.78, 5) is 14.3. The fraction of sp³-hybridized carbons (Fsp3) is 0.909. The first kappa shape index (κ1) is 8.72. The monoisotopic (exact) mass is 194 g/mol. The van der Waals surface area contributed by atoms with E-state index in [1.165, 1.54) is 25.7 Å². The minimum Gasteiger partial charge on any atom is -0.338 e. The van der Waals surface area contributed by atoms with E-state index in [4.69, 9.17) is 0 Å². The molecule has 2 aliphatic heterocycles. The first-order valence-corrected chi connectivity index (χ1v) is 5.88. The van der Waals surface area contributed by atoms with Crippen molar-refractivity contribution in [3.63, 3.8) is 0 Å². The Morgan fingerprint density at radius 1 is 1.29 bits per heavy atom.